The molecule has 1 N–H and O–H groups in total. The minimum atomic E-state index is -0.700. The van der Waals surface area contributed by atoms with Gasteiger partial charge in [0.25, 0.3) is 0 Å². The largest absolute Gasteiger partial charge is 0.507 e. The van der Waals surface area contributed by atoms with Crippen molar-refractivity contribution in [2.24, 2.45) is 0 Å². The molecule has 1 aliphatic heterocycles. The van der Waals surface area contributed by atoms with Crippen molar-refractivity contribution < 1.29 is 14.3 Å². The Labute approximate surface area is 242 Å². The topological polar surface area (TPSA) is 91.6 Å². The molecule has 5 rings (SSSR count). The van der Waals surface area contributed by atoms with Gasteiger partial charge in [-0.05, 0) is 48.2 Å². The fourth-order valence-electron chi connectivity index (χ4n) is 5.37. The second-order valence-corrected chi connectivity index (χ2v) is 11.6. The number of pyridine rings is 1. The van der Waals surface area contributed by atoms with Crippen LogP contribution in [0.4, 0.5) is 10.2 Å². The monoisotopic (exact) mass is 575 g/mol. The third-order valence-electron chi connectivity index (χ3n) is 7.37. The Kier molecular flexibility index (Phi) is 7.33. The third-order valence-corrected chi connectivity index (χ3v) is 7.66. The van der Waals surface area contributed by atoms with Gasteiger partial charge in [-0.25, -0.2) is 18.7 Å². The first kappa shape index (κ1) is 28.3. The lowest BCUT2D eigenvalue weighted by Gasteiger charge is -2.40. The van der Waals surface area contributed by atoms with E-state index in [2.05, 4.69) is 11.6 Å². The van der Waals surface area contributed by atoms with Crippen molar-refractivity contribution in [3.8, 4) is 22.7 Å². The number of carbonyl (C=O) groups excluding carboxylic acids is 1. The first-order valence-corrected chi connectivity index (χ1v) is 13.7. The summed E-state index contributed by atoms with van der Waals surface area (Å²) >= 11 is 6.72. The molecule has 2 aromatic heterocycles. The van der Waals surface area contributed by atoms with Crippen LogP contribution in [-0.4, -0.2) is 56.1 Å². The Morgan fingerprint density at radius 3 is 2.54 bits per heavy atom. The van der Waals surface area contributed by atoms with Crippen molar-refractivity contribution in [1.82, 2.24) is 19.4 Å². The van der Waals surface area contributed by atoms with Crippen LogP contribution in [0.15, 0.2) is 66.0 Å². The van der Waals surface area contributed by atoms with E-state index in [9.17, 15) is 14.7 Å². The van der Waals surface area contributed by atoms with Crippen molar-refractivity contribution in [3.63, 3.8) is 0 Å². The van der Waals surface area contributed by atoms with E-state index in [1.54, 1.807) is 11.0 Å². The molecule has 1 fully saturated rings. The Bertz CT molecular complexity index is 1730. The van der Waals surface area contributed by atoms with Gasteiger partial charge in [-0.1, -0.05) is 63.2 Å². The molecule has 41 heavy (non-hydrogen) atoms. The van der Waals surface area contributed by atoms with E-state index in [4.69, 9.17) is 16.6 Å². The number of para-hydroxylation sites is 1. The summed E-state index contributed by atoms with van der Waals surface area (Å²) in [6, 6.07) is 12.9. The van der Waals surface area contributed by atoms with E-state index in [0.29, 0.717) is 36.5 Å². The van der Waals surface area contributed by atoms with E-state index in [1.165, 1.54) is 28.8 Å². The molecule has 0 radical (unpaired) electrons. The molecule has 0 spiro atoms. The molecule has 1 atom stereocenters. The molecule has 1 unspecified atom stereocenters. The number of nitrogens with zero attached hydrogens (tertiary/aromatic N) is 5. The Hall–Kier alpha value is -4.24. The van der Waals surface area contributed by atoms with Crippen LogP contribution < -0.4 is 10.6 Å². The molecule has 10 heteroatoms. The van der Waals surface area contributed by atoms with Crippen LogP contribution in [0.2, 0.25) is 5.02 Å². The van der Waals surface area contributed by atoms with Crippen LogP contribution in [0.1, 0.15) is 33.3 Å². The first-order chi connectivity index (χ1) is 19.4. The predicted molar refractivity (Wildman–Crippen MR) is 159 cm³/mol. The summed E-state index contributed by atoms with van der Waals surface area (Å²) in [5.41, 5.74) is 0.628. The zero-order valence-electron chi connectivity index (χ0n) is 23.4. The van der Waals surface area contributed by atoms with Gasteiger partial charge in [0.2, 0.25) is 5.91 Å². The van der Waals surface area contributed by atoms with Gasteiger partial charge in [0.05, 0.1) is 27.4 Å². The molecule has 0 aliphatic carbocycles. The van der Waals surface area contributed by atoms with Gasteiger partial charge in [0.15, 0.2) is 5.65 Å². The zero-order valence-corrected chi connectivity index (χ0v) is 24.1. The summed E-state index contributed by atoms with van der Waals surface area (Å²) in [5.74, 6) is -0.823. The van der Waals surface area contributed by atoms with Gasteiger partial charge in [-0.2, -0.15) is 4.98 Å². The van der Waals surface area contributed by atoms with Crippen molar-refractivity contribution >= 4 is 34.4 Å². The van der Waals surface area contributed by atoms with Gasteiger partial charge in [-0.15, -0.1) is 0 Å². The predicted octanol–water partition coefficient (Wildman–Crippen LogP) is 5.47. The summed E-state index contributed by atoms with van der Waals surface area (Å²) in [4.78, 5) is 39.1. The molecular formula is C31H31ClFN5O3. The van der Waals surface area contributed by atoms with Crippen molar-refractivity contribution in [3.05, 3.63) is 88.1 Å². The summed E-state index contributed by atoms with van der Waals surface area (Å²) in [7, 11) is 0. The molecule has 212 valence electrons. The summed E-state index contributed by atoms with van der Waals surface area (Å²) in [6.07, 6.45) is 1.28. The van der Waals surface area contributed by atoms with Crippen LogP contribution in [-0.2, 0) is 10.2 Å². The van der Waals surface area contributed by atoms with Crippen LogP contribution >= 0.6 is 11.6 Å². The Balaban J connectivity index is 1.82. The van der Waals surface area contributed by atoms with E-state index >= 15 is 4.39 Å². The molecule has 1 amide bonds. The highest BCUT2D eigenvalue weighted by Crippen LogP contribution is 2.39. The quantitative estimate of drug-likeness (QED) is 0.325. The number of hydrogen-bond donors (Lipinski definition) is 1. The van der Waals surface area contributed by atoms with Crippen molar-refractivity contribution in [1.29, 1.82) is 0 Å². The first-order valence-electron chi connectivity index (χ1n) is 13.3. The number of anilines is 1. The lowest BCUT2D eigenvalue weighted by atomic mass is 9.85. The van der Waals surface area contributed by atoms with Crippen molar-refractivity contribution in [2.75, 3.05) is 24.5 Å². The molecule has 8 nitrogen and oxygen atoms in total. The van der Waals surface area contributed by atoms with Crippen LogP contribution in [0, 0.1) is 5.82 Å². The number of halogens is 2. The minimum Gasteiger partial charge on any atom is -0.507 e. The molecular weight excluding hydrogens is 545 g/mol. The van der Waals surface area contributed by atoms with E-state index in [0.717, 1.165) is 5.56 Å². The summed E-state index contributed by atoms with van der Waals surface area (Å²) in [5, 5.41) is 11.1. The highest BCUT2D eigenvalue weighted by Gasteiger charge is 2.31. The number of fused-ring (bicyclic) bond motifs is 1. The molecule has 0 saturated carbocycles. The lowest BCUT2D eigenvalue weighted by Crippen LogP contribution is -2.54. The number of piperazine rings is 1. The number of rotatable bonds is 4. The maximum atomic E-state index is 15.0. The van der Waals surface area contributed by atoms with E-state index < -0.39 is 11.5 Å². The molecule has 1 saturated heterocycles. The van der Waals surface area contributed by atoms with Gasteiger partial charge in [-0.3, -0.25) is 4.79 Å². The molecule has 3 heterocycles. The number of carbonyl (C=O) groups is 1. The van der Waals surface area contributed by atoms with E-state index in [1.807, 2.05) is 56.9 Å². The highest BCUT2D eigenvalue weighted by atomic mass is 35.5. The number of benzene rings is 2. The van der Waals surface area contributed by atoms with Gasteiger partial charge in [0.1, 0.15) is 17.4 Å². The van der Waals surface area contributed by atoms with Gasteiger partial charge >= 0.3 is 5.69 Å². The fourth-order valence-corrected chi connectivity index (χ4v) is 5.61. The minimum absolute atomic E-state index is 0.00255. The molecule has 2 aromatic carbocycles. The fraction of sp³-hybridized carbons (Fsp3) is 0.290. The maximum Gasteiger partial charge on any atom is 0.355 e. The van der Waals surface area contributed by atoms with E-state index in [-0.39, 0.29) is 45.0 Å². The zero-order chi connectivity index (χ0) is 29.6. The van der Waals surface area contributed by atoms with Gasteiger partial charge in [0, 0.05) is 25.7 Å². The number of amides is 1. The average molecular weight is 576 g/mol. The second kappa shape index (κ2) is 10.6. The number of aromatic nitrogens is 3. The number of phenols is 1. The standard InChI is InChI=1S/C31H31ClFN5O3/c1-6-25(40)36-14-15-37(18(2)17-36)28-19-16-21(32)27(26-22(33)11-9-13-24(26)39)34-29(19)38(30(41)35-28)23-12-8-7-10-20(23)31(3,4)5/h6-13,16,18,39H,1,14-15,17H2,2-5H3. The van der Waals surface area contributed by atoms with Crippen LogP contribution in [0.25, 0.3) is 28.0 Å². The Morgan fingerprint density at radius 2 is 1.88 bits per heavy atom. The number of hydrogen-bond acceptors (Lipinski definition) is 6. The lowest BCUT2D eigenvalue weighted by molar-refractivity contribution is -0.126. The summed E-state index contributed by atoms with van der Waals surface area (Å²) < 4.78 is 16.4. The van der Waals surface area contributed by atoms with Crippen LogP contribution in [0.3, 0.4) is 0 Å². The molecule has 0 bridgehead atoms. The number of phenolic OH excluding ortho intramolecular Hbond substituents is 1. The average Bonchev–Trinajstić information content (AvgIpc) is 2.92. The SMILES string of the molecule is C=CC(=O)N1CCN(c2nc(=O)n(-c3ccccc3C(C)(C)C)c3nc(-c4c(O)cccc4F)c(Cl)cc23)C(C)C1. The number of aromatic hydroxyl groups is 1. The molecule has 4 aromatic rings. The molecule has 1 aliphatic rings. The third kappa shape index (κ3) is 5.06. The second-order valence-electron chi connectivity index (χ2n) is 11.2. The van der Waals surface area contributed by atoms with Crippen molar-refractivity contribution in [2.45, 2.75) is 39.2 Å². The highest BCUT2D eigenvalue weighted by molar-refractivity contribution is 6.34. The normalized spacial score (nSPS) is 15.8. The smallest absolute Gasteiger partial charge is 0.355 e. The Morgan fingerprint density at radius 1 is 1.15 bits per heavy atom. The maximum absolute atomic E-state index is 15.0. The van der Waals surface area contributed by atoms with Gasteiger partial charge < -0.3 is 14.9 Å². The van der Waals surface area contributed by atoms with Crippen LogP contribution in [0.5, 0.6) is 5.75 Å². The summed E-state index contributed by atoms with van der Waals surface area (Å²) in [6.45, 7) is 12.9.